The lowest BCUT2D eigenvalue weighted by Gasteiger charge is -2.34. The normalized spacial score (nSPS) is 15.4. The first-order valence-electron chi connectivity index (χ1n) is 10.1. The van der Waals surface area contributed by atoms with Crippen LogP contribution in [0.1, 0.15) is 36.0 Å². The van der Waals surface area contributed by atoms with E-state index >= 15 is 0 Å². The molecule has 0 aliphatic carbocycles. The van der Waals surface area contributed by atoms with Crippen molar-refractivity contribution in [2.75, 3.05) is 26.2 Å². The second kappa shape index (κ2) is 9.78. The van der Waals surface area contributed by atoms with Gasteiger partial charge >= 0.3 is 6.09 Å². The van der Waals surface area contributed by atoms with E-state index in [1.165, 1.54) is 9.21 Å². The number of amides is 2. The van der Waals surface area contributed by atoms with Crippen LogP contribution in [0.5, 0.6) is 0 Å². The van der Waals surface area contributed by atoms with Gasteiger partial charge < -0.3 is 15.0 Å². The summed E-state index contributed by atoms with van der Waals surface area (Å²) >= 11 is 6.95. The second-order valence-corrected chi connectivity index (χ2v) is 12.1. The monoisotopic (exact) mass is 499 g/mol. The first-order chi connectivity index (χ1) is 15.0. The number of ether oxygens (including phenoxy) is 1. The molecule has 8 nitrogen and oxygen atoms in total. The fraction of sp³-hybridized carbons (Fsp3) is 0.429. The number of carbonyl (C=O) groups excluding carboxylic acids is 2. The van der Waals surface area contributed by atoms with Crippen molar-refractivity contribution >= 4 is 45.0 Å². The van der Waals surface area contributed by atoms with Crippen LogP contribution in [0, 0.1) is 0 Å². The molecule has 0 radical (unpaired) electrons. The Bertz CT molecular complexity index is 1070. The lowest BCUT2D eigenvalue weighted by Crippen LogP contribution is -2.51. The average Bonchev–Trinajstić information content (AvgIpc) is 3.21. The van der Waals surface area contributed by atoms with Crippen molar-refractivity contribution in [3.05, 3.63) is 51.9 Å². The molecule has 1 aromatic carbocycles. The van der Waals surface area contributed by atoms with Crippen LogP contribution in [0.15, 0.2) is 40.6 Å². The maximum Gasteiger partial charge on any atom is 0.410 e. The van der Waals surface area contributed by atoms with E-state index in [0.29, 0.717) is 10.6 Å². The zero-order valence-electron chi connectivity index (χ0n) is 18.1. The second-order valence-electron chi connectivity index (χ2n) is 8.28. The van der Waals surface area contributed by atoms with Gasteiger partial charge in [0.05, 0.1) is 6.54 Å². The fourth-order valence-electron chi connectivity index (χ4n) is 3.03. The molecule has 1 saturated heterocycles. The predicted molar refractivity (Wildman–Crippen MR) is 124 cm³/mol. The number of hydrogen-bond acceptors (Lipinski definition) is 6. The van der Waals surface area contributed by atoms with Gasteiger partial charge in [-0.3, -0.25) is 4.79 Å². The Labute approximate surface area is 197 Å². The van der Waals surface area contributed by atoms with Gasteiger partial charge in [0.2, 0.25) is 0 Å². The molecule has 1 aromatic heterocycles. The van der Waals surface area contributed by atoms with E-state index in [4.69, 9.17) is 16.3 Å². The molecule has 0 unspecified atom stereocenters. The number of hydrogen-bond donors (Lipinski definition) is 1. The van der Waals surface area contributed by atoms with Crippen LogP contribution in [0.3, 0.4) is 0 Å². The van der Waals surface area contributed by atoms with Crippen LogP contribution in [-0.4, -0.2) is 61.4 Å². The Kier molecular flexibility index (Phi) is 7.49. The molecule has 0 saturated carbocycles. The van der Waals surface area contributed by atoms with Crippen molar-refractivity contribution in [3.63, 3.8) is 0 Å². The highest BCUT2D eigenvalue weighted by molar-refractivity contribution is 7.91. The number of carbonyl (C=O) groups is 2. The minimum atomic E-state index is -3.68. The minimum Gasteiger partial charge on any atom is -0.444 e. The van der Waals surface area contributed by atoms with Gasteiger partial charge in [-0.05, 0) is 57.2 Å². The standard InChI is InChI=1S/C21H26ClN3O5S2/c1-21(2,3)30-20(27)24-10-12-25(13-11-24)32(28,29)18-9-8-17(31-18)14-23-19(26)15-4-6-16(22)7-5-15/h4-9H,10-14H2,1-3H3,(H,23,26). The maximum absolute atomic E-state index is 13.0. The molecule has 3 rings (SSSR count). The van der Waals surface area contributed by atoms with Crippen LogP contribution in [-0.2, 0) is 21.3 Å². The summed E-state index contributed by atoms with van der Waals surface area (Å²) in [6.07, 6.45) is -0.440. The van der Waals surface area contributed by atoms with E-state index in [9.17, 15) is 18.0 Å². The van der Waals surface area contributed by atoms with Gasteiger partial charge in [-0.15, -0.1) is 11.3 Å². The third-order valence-corrected chi connectivity index (χ3v) is 8.35. The number of nitrogens with zero attached hydrogens (tertiary/aromatic N) is 2. The quantitative estimate of drug-likeness (QED) is 0.678. The summed E-state index contributed by atoms with van der Waals surface area (Å²) in [5.41, 5.74) is -0.127. The van der Waals surface area contributed by atoms with Crippen LogP contribution >= 0.6 is 22.9 Å². The van der Waals surface area contributed by atoms with Crippen LogP contribution in [0.2, 0.25) is 5.02 Å². The molecule has 11 heteroatoms. The van der Waals surface area contributed by atoms with E-state index in [-0.39, 0.29) is 42.8 Å². The molecule has 1 N–H and O–H groups in total. The van der Waals surface area contributed by atoms with Crippen molar-refractivity contribution in [2.45, 2.75) is 37.1 Å². The van der Waals surface area contributed by atoms with Gasteiger partial charge in [0.1, 0.15) is 9.81 Å². The topological polar surface area (TPSA) is 96.0 Å². The van der Waals surface area contributed by atoms with Crippen molar-refractivity contribution in [1.82, 2.24) is 14.5 Å². The van der Waals surface area contributed by atoms with Gasteiger partial charge in [-0.25, -0.2) is 13.2 Å². The Balaban J connectivity index is 1.56. The summed E-state index contributed by atoms with van der Waals surface area (Å²) in [5.74, 6) is -0.266. The summed E-state index contributed by atoms with van der Waals surface area (Å²) in [6, 6.07) is 9.75. The summed E-state index contributed by atoms with van der Waals surface area (Å²) in [7, 11) is -3.68. The largest absolute Gasteiger partial charge is 0.444 e. The van der Waals surface area contributed by atoms with E-state index in [2.05, 4.69) is 5.32 Å². The number of halogens is 1. The van der Waals surface area contributed by atoms with E-state index in [1.807, 2.05) is 0 Å². The zero-order chi connectivity index (χ0) is 23.5. The first-order valence-corrected chi connectivity index (χ1v) is 12.7. The van der Waals surface area contributed by atoms with Crippen LogP contribution in [0.4, 0.5) is 4.79 Å². The average molecular weight is 500 g/mol. The smallest absolute Gasteiger partial charge is 0.410 e. The van der Waals surface area contributed by atoms with E-state index in [1.54, 1.807) is 57.2 Å². The van der Waals surface area contributed by atoms with Crippen molar-refractivity contribution in [2.24, 2.45) is 0 Å². The Morgan fingerprint density at radius 2 is 1.69 bits per heavy atom. The zero-order valence-corrected chi connectivity index (χ0v) is 20.5. The molecular formula is C21H26ClN3O5S2. The van der Waals surface area contributed by atoms with Gasteiger partial charge in [0.25, 0.3) is 15.9 Å². The number of rotatable bonds is 5. The molecule has 2 aromatic rings. The highest BCUT2D eigenvalue weighted by Gasteiger charge is 2.32. The summed E-state index contributed by atoms with van der Waals surface area (Å²) < 4.78 is 32.9. The molecular weight excluding hydrogens is 474 g/mol. The van der Waals surface area contributed by atoms with Gasteiger partial charge in [0.15, 0.2) is 0 Å². The molecule has 0 atom stereocenters. The molecule has 1 aliphatic heterocycles. The molecule has 2 heterocycles. The lowest BCUT2D eigenvalue weighted by atomic mass is 10.2. The number of benzene rings is 1. The van der Waals surface area contributed by atoms with E-state index < -0.39 is 21.7 Å². The summed E-state index contributed by atoms with van der Waals surface area (Å²) in [6.45, 7) is 6.51. The summed E-state index contributed by atoms with van der Waals surface area (Å²) in [4.78, 5) is 26.7. The third kappa shape index (κ3) is 6.22. The van der Waals surface area contributed by atoms with E-state index in [0.717, 1.165) is 16.2 Å². The molecule has 1 aliphatic rings. The van der Waals surface area contributed by atoms with Crippen molar-refractivity contribution < 1.29 is 22.7 Å². The van der Waals surface area contributed by atoms with Crippen LogP contribution < -0.4 is 5.32 Å². The fourth-order valence-corrected chi connectivity index (χ4v) is 6.03. The minimum absolute atomic E-state index is 0.197. The molecule has 32 heavy (non-hydrogen) atoms. The van der Waals surface area contributed by atoms with Crippen LogP contribution in [0.25, 0.3) is 0 Å². The molecule has 0 bridgehead atoms. The van der Waals surface area contributed by atoms with Gasteiger partial charge in [-0.2, -0.15) is 4.31 Å². The number of nitrogens with one attached hydrogen (secondary N) is 1. The molecule has 0 spiro atoms. The Morgan fingerprint density at radius 3 is 2.28 bits per heavy atom. The number of thiophene rings is 1. The third-order valence-electron chi connectivity index (χ3n) is 4.65. The van der Waals surface area contributed by atoms with Gasteiger partial charge in [0, 0.05) is 41.6 Å². The lowest BCUT2D eigenvalue weighted by molar-refractivity contribution is 0.0192. The number of piperazine rings is 1. The molecule has 2 amide bonds. The van der Waals surface area contributed by atoms with Gasteiger partial charge in [-0.1, -0.05) is 11.6 Å². The molecule has 174 valence electrons. The first kappa shape index (κ1) is 24.5. The highest BCUT2D eigenvalue weighted by atomic mass is 35.5. The summed E-state index contributed by atoms with van der Waals surface area (Å²) in [5, 5.41) is 3.32. The maximum atomic E-state index is 13.0. The SMILES string of the molecule is CC(C)(C)OC(=O)N1CCN(S(=O)(=O)c2ccc(CNC(=O)c3ccc(Cl)cc3)s2)CC1. The molecule has 1 fully saturated rings. The highest BCUT2D eigenvalue weighted by Crippen LogP contribution is 2.26. The number of sulfonamides is 1. The Morgan fingerprint density at radius 1 is 1.06 bits per heavy atom. The van der Waals surface area contributed by atoms with Crippen molar-refractivity contribution in [1.29, 1.82) is 0 Å². The predicted octanol–water partition coefficient (Wildman–Crippen LogP) is 3.57. The Hall–Kier alpha value is -2.14. The van der Waals surface area contributed by atoms with Crippen molar-refractivity contribution in [3.8, 4) is 0 Å².